The van der Waals surface area contributed by atoms with Crippen molar-refractivity contribution in [3.05, 3.63) is 30.0 Å². The summed E-state index contributed by atoms with van der Waals surface area (Å²) in [6.45, 7) is 3.80. The average Bonchev–Trinajstić information content (AvgIpc) is 3.09. The number of fused-ring (bicyclic) bond motifs is 1. The van der Waals surface area contributed by atoms with Crippen molar-refractivity contribution in [1.29, 1.82) is 0 Å². The molecule has 148 valence electrons. The van der Waals surface area contributed by atoms with E-state index < -0.39 is 10.0 Å². The minimum absolute atomic E-state index is 0.123. The van der Waals surface area contributed by atoms with Gasteiger partial charge in [-0.2, -0.15) is 0 Å². The van der Waals surface area contributed by atoms with Crippen LogP contribution in [0, 0.1) is 0 Å². The monoisotopic (exact) mass is 393 g/mol. The van der Waals surface area contributed by atoms with E-state index in [4.69, 9.17) is 0 Å². The van der Waals surface area contributed by atoms with E-state index in [1.807, 2.05) is 10.5 Å². The number of unbranched alkanes of at least 4 members (excludes halogenated alkanes) is 1. The van der Waals surface area contributed by atoms with Gasteiger partial charge in [-0.3, -0.25) is 9.20 Å². The molecule has 0 saturated carbocycles. The van der Waals surface area contributed by atoms with Crippen molar-refractivity contribution in [3.8, 4) is 0 Å². The van der Waals surface area contributed by atoms with Crippen molar-refractivity contribution >= 4 is 21.6 Å². The zero-order valence-corrected chi connectivity index (χ0v) is 16.9. The van der Waals surface area contributed by atoms with Gasteiger partial charge in [0.05, 0.1) is 6.26 Å². The molecule has 9 heteroatoms. The molecule has 0 radical (unpaired) electrons. The van der Waals surface area contributed by atoms with Gasteiger partial charge < -0.3 is 4.90 Å². The average molecular weight is 394 g/mol. The van der Waals surface area contributed by atoms with Gasteiger partial charge in [0.1, 0.15) is 6.33 Å². The van der Waals surface area contributed by atoms with Crippen molar-refractivity contribution < 1.29 is 13.2 Å². The van der Waals surface area contributed by atoms with E-state index in [2.05, 4.69) is 16.9 Å². The predicted octanol–water partition coefficient (Wildman–Crippen LogP) is 1.74. The number of rotatable bonds is 6. The highest BCUT2D eigenvalue weighted by Gasteiger charge is 2.28. The van der Waals surface area contributed by atoms with E-state index in [1.165, 1.54) is 10.6 Å². The number of hydrogen-bond acceptors (Lipinski definition) is 5. The van der Waals surface area contributed by atoms with Crippen LogP contribution in [0.5, 0.6) is 0 Å². The van der Waals surface area contributed by atoms with Crippen LogP contribution in [0.2, 0.25) is 0 Å². The van der Waals surface area contributed by atoms with Crippen molar-refractivity contribution in [1.82, 2.24) is 23.6 Å². The quantitative estimate of drug-likeness (QED) is 0.746. The zero-order valence-electron chi connectivity index (χ0n) is 16.1. The molecule has 0 aliphatic carbocycles. The molecule has 8 nitrogen and oxygen atoms in total. The molecular weight excluding hydrogens is 366 g/mol. The summed E-state index contributed by atoms with van der Waals surface area (Å²) in [5.74, 6) is 0.0889. The Kier molecular flexibility index (Phi) is 5.81. The number of sulfonamides is 1. The van der Waals surface area contributed by atoms with Gasteiger partial charge in [-0.25, -0.2) is 22.7 Å². The van der Waals surface area contributed by atoms with E-state index in [0.29, 0.717) is 31.0 Å². The molecule has 1 fully saturated rings. The Hall–Kier alpha value is -2.00. The fourth-order valence-electron chi connectivity index (χ4n) is 3.56. The molecule has 2 aromatic rings. The molecule has 0 unspecified atom stereocenters. The smallest absolute Gasteiger partial charge is 0.276 e. The first-order chi connectivity index (χ1) is 12.8. The van der Waals surface area contributed by atoms with Gasteiger partial charge in [0.25, 0.3) is 5.91 Å². The molecule has 0 bridgehead atoms. The summed E-state index contributed by atoms with van der Waals surface area (Å²) in [4.78, 5) is 23.1. The second-order valence-corrected chi connectivity index (χ2v) is 9.16. The molecule has 3 heterocycles. The fraction of sp³-hybridized carbons (Fsp3) is 0.611. The summed E-state index contributed by atoms with van der Waals surface area (Å²) in [5.41, 5.74) is 1.95. The number of aromatic nitrogens is 3. The van der Waals surface area contributed by atoms with E-state index in [9.17, 15) is 13.2 Å². The van der Waals surface area contributed by atoms with Crippen LogP contribution in [-0.2, 0) is 10.0 Å². The molecule has 27 heavy (non-hydrogen) atoms. The lowest BCUT2D eigenvalue weighted by Gasteiger charge is -2.30. The minimum atomic E-state index is -3.15. The van der Waals surface area contributed by atoms with Gasteiger partial charge in [-0.05, 0) is 25.3 Å². The lowest BCUT2D eigenvalue weighted by molar-refractivity contribution is 0.0790. The normalized spacial score (nSPS) is 16.7. The lowest BCUT2D eigenvalue weighted by atomic mass is 9.94. The van der Waals surface area contributed by atoms with E-state index in [1.54, 1.807) is 24.5 Å². The van der Waals surface area contributed by atoms with Gasteiger partial charge >= 0.3 is 0 Å². The van der Waals surface area contributed by atoms with Crippen LogP contribution in [0.15, 0.2) is 18.6 Å². The SMILES string of the molecule is CCCCN(C)C(=O)c1ncn2c(C3CCN(S(C)(=O)=O)CC3)ccnc12. The Labute approximate surface area is 160 Å². The van der Waals surface area contributed by atoms with Crippen LogP contribution in [-0.4, -0.2) is 70.8 Å². The zero-order chi connectivity index (χ0) is 19.6. The van der Waals surface area contributed by atoms with Crippen molar-refractivity contribution in [2.75, 3.05) is 32.9 Å². The minimum Gasteiger partial charge on any atom is -0.340 e. The summed E-state index contributed by atoms with van der Waals surface area (Å²) in [6.07, 6.45) is 8.07. The number of carbonyl (C=O) groups is 1. The molecule has 1 aliphatic heterocycles. The Balaban J connectivity index is 1.83. The second kappa shape index (κ2) is 7.93. The molecule has 0 N–H and O–H groups in total. The second-order valence-electron chi connectivity index (χ2n) is 7.17. The summed E-state index contributed by atoms with van der Waals surface area (Å²) in [5, 5.41) is 0. The lowest BCUT2D eigenvalue weighted by Crippen LogP contribution is -2.37. The van der Waals surface area contributed by atoms with Crippen molar-refractivity contribution in [3.63, 3.8) is 0 Å². The number of piperidine rings is 1. The van der Waals surface area contributed by atoms with E-state index in [0.717, 1.165) is 31.4 Å². The molecule has 1 aliphatic rings. The maximum absolute atomic E-state index is 12.7. The number of imidazole rings is 1. The van der Waals surface area contributed by atoms with Crippen LogP contribution in [0.3, 0.4) is 0 Å². The highest BCUT2D eigenvalue weighted by Crippen LogP contribution is 2.29. The Morgan fingerprint density at radius 1 is 1.30 bits per heavy atom. The van der Waals surface area contributed by atoms with E-state index in [-0.39, 0.29) is 11.8 Å². The first-order valence-electron chi connectivity index (χ1n) is 9.35. The van der Waals surface area contributed by atoms with E-state index >= 15 is 0 Å². The summed E-state index contributed by atoms with van der Waals surface area (Å²) in [7, 11) is -1.36. The summed E-state index contributed by atoms with van der Waals surface area (Å²) in [6, 6.07) is 1.94. The third kappa shape index (κ3) is 4.14. The standard InChI is InChI=1S/C18H27N5O3S/c1-4-5-10-21(2)18(24)16-17-19-9-6-15(23(17)13-20-16)14-7-11-22(12-8-14)27(3,25)26/h6,9,13-14H,4-5,7-8,10-12H2,1-3H3. The summed E-state index contributed by atoms with van der Waals surface area (Å²) >= 11 is 0. The number of nitrogens with zero attached hydrogens (tertiary/aromatic N) is 5. The highest BCUT2D eigenvalue weighted by atomic mass is 32.2. The molecule has 1 saturated heterocycles. The summed E-state index contributed by atoms with van der Waals surface area (Å²) < 4.78 is 26.8. The van der Waals surface area contributed by atoms with Crippen LogP contribution in [0.1, 0.15) is 54.7 Å². The number of amides is 1. The largest absolute Gasteiger partial charge is 0.340 e. The molecule has 2 aromatic heterocycles. The Morgan fingerprint density at radius 2 is 2.00 bits per heavy atom. The molecule has 1 amide bonds. The van der Waals surface area contributed by atoms with Crippen molar-refractivity contribution in [2.45, 2.75) is 38.5 Å². The molecular formula is C18H27N5O3S. The van der Waals surface area contributed by atoms with Crippen LogP contribution in [0.4, 0.5) is 0 Å². The highest BCUT2D eigenvalue weighted by molar-refractivity contribution is 7.88. The fourth-order valence-corrected chi connectivity index (χ4v) is 4.44. The maximum atomic E-state index is 12.7. The topological polar surface area (TPSA) is 87.9 Å². The molecule has 0 aromatic carbocycles. The molecule has 0 spiro atoms. The number of carbonyl (C=O) groups excluding carboxylic acids is 1. The van der Waals surface area contributed by atoms with Gasteiger partial charge in [-0.15, -0.1) is 0 Å². The van der Waals surface area contributed by atoms with Gasteiger partial charge in [-0.1, -0.05) is 13.3 Å². The first kappa shape index (κ1) is 19.8. The Bertz CT molecular complexity index is 916. The molecule has 0 atom stereocenters. The first-order valence-corrected chi connectivity index (χ1v) is 11.2. The number of hydrogen-bond donors (Lipinski definition) is 0. The van der Waals surface area contributed by atoms with Gasteiger partial charge in [0, 0.05) is 44.5 Å². The molecule has 3 rings (SSSR count). The van der Waals surface area contributed by atoms with Gasteiger partial charge in [0.15, 0.2) is 11.3 Å². The maximum Gasteiger partial charge on any atom is 0.276 e. The van der Waals surface area contributed by atoms with Crippen LogP contribution in [0.25, 0.3) is 5.65 Å². The third-order valence-corrected chi connectivity index (χ3v) is 6.50. The van der Waals surface area contributed by atoms with Crippen molar-refractivity contribution in [2.24, 2.45) is 0 Å². The van der Waals surface area contributed by atoms with Crippen LogP contribution < -0.4 is 0 Å². The van der Waals surface area contributed by atoms with Gasteiger partial charge in [0.2, 0.25) is 10.0 Å². The third-order valence-electron chi connectivity index (χ3n) is 5.20. The van der Waals surface area contributed by atoms with Crippen LogP contribution >= 0.6 is 0 Å². The Morgan fingerprint density at radius 3 is 2.63 bits per heavy atom. The predicted molar refractivity (Wildman–Crippen MR) is 103 cm³/mol.